The second-order valence-electron chi connectivity index (χ2n) is 6.71. The Morgan fingerprint density at radius 1 is 1.17 bits per heavy atom. The van der Waals surface area contributed by atoms with E-state index in [0.717, 1.165) is 17.9 Å². The zero-order valence-electron chi connectivity index (χ0n) is 17.1. The van der Waals surface area contributed by atoms with Crippen LogP contribution in [0.3, 0.4) is 0 Å². The third kappa shape index (κ3) is 4.68. The second kappa shape index (κ2) is 8.96. The number of carbonyl (C=O) groups excluding carboxylic acids is 2. The summed E-state index contributed by atoms with van der Waals surface area (Å²) in [7, 11) is 1.65. The van der Waals surface area contributed by atoms with Crippen LogP contribution in [0.5, 0.6) is 0 Å². The first kappa shape index (κ1) is 20.7. The maximum atomic E-state index is 12.8. The number of hydrogen-bond donors (Lipinski definition) is 1. The number of hydrogen-bond acceptors (Lipinski definition) is 4. The van der Waals surface area contributed by atoms with E-state index in [0.29, 0.717) is 23.5 Å². The number of aryl methyl sites for hydroxylation is 1. The van der Waals surface area contributed by atoms with Crippen molar-refractivity contribution in [2.24, 2.45) is 0 Å². The highest BCUT2D eigenvalue weighted by Crippen LogP contribution is 2.22. The molecule has 3 aromatic rings. The lowest BCUT2D eigenvalue weighted by Gasteiger charge is -2.17. The van der Waals surface area contributed by atoms with E-state index in [1.54, 1.807) is 49.6 Å². The van der Waals surface area contributed by atoms with E-state index >= 15 is 0 Å². The monoisotopic (exact) mass is 411 g/mol. The largest absolute Gasteiger partial charge is 0.449 e. The van der Waals surface area contributed by atoms with Gasteiger partial charge in [0.15, 0.2) is 0 Å². The Bertz CT molecular complexity index is 991. The van der Waals surface area contributed by atoms with Crippen LogP contribution in [0, 0.1) is 13.8 Å². The van der Waals surface area contributed by atoms with E-state index in [-0.39, 0.29) is 5.91 Å². The van der Waals surface area contributed by atoms with Crippen molar-refractivity contribution in [3.63, 3.8) is 0 Å². The number of nitrogens with one attached hydrogen (secondary N) is 1. The van der Waals surface area contributed by atoms with Gasteiger partial charge >= 0.3 is 6.09 Å². The number of carbonyl (C=O) groups is 2. The van der Waals surface area contributed by atoms with E-state index in [4.69, 9.17) is 4.74 Å². The van der Waals surface area contributed by atoms with Gasteiger partial charge in [0.25, 0.3) is 5.91 Å². The quantitative estimate of drug-likeness (QED) is 0.617. The molecular weight excluding hydrogens is 386 g/mol. The first-order valence-corrected chi connectivity index (χ1v) is 10.3. The molecular formula is C22H25N3O3S. The summed E-state index contributed by atoms with van der Waals surface area (Å²) < 4.78 is 7.14. The SMILES string of the molecule is CCOC(=O)N(C)c1ccc(NC(=O)c2cc(C)n(Cc3cccs3)c2C)cc1. The summed E-state index contributed by atoms with van der Waals surface area (Å²) in [5.41, 5.74) is 4.00. The predicted octanol–water partition coefficient (Wildman–Crippen LogP) is 5.06. The van der Waals surface area contributed by atoms with Gasteiger partial charge in [-0.2, -0.15) is 0 Å². The molecule has 0 aliphatic rings. The molecule has 2 aromatic heterocycles. The van der Waals surface area contributed by atoms with Gasteiger partial charge < -0.3 is 14.6 Å². The van der Waals surface area contributed by atoms with Crippen molar-refractivity contribution in [1.29, 1.82) is 0 Å². The summed E-state index contributed by atoms with van der Waals surface area (Å²) >= 11 is 1.71. The summed E-state index contributed by atoms with van der Waals surface area (Å²) in [6.45, 7) is 6.83. The van der Waals surface area contributed by atoms with E-state index < -0.39 is 6.09 Å². The molecule has 2 amide bonds. The highest BCUT2D eigenvalue weighted by atomic mass is 32.1. The molecule has 6 nitrogen and oxygen atoms in total. The average molecular weight is 412 g/mol. The van der Waals surface area contributed by atoms with Crippen molar-refractivity contribution < 1.29 is 14.3 Å². The van der Waals surface area contributed by atoms with Gasteiger partial charge in [-0.25, -0.2) is 4.79 Å². The third-order valence-corrected chi connectivity index (χ3v) is 5.63. The number of nitrogens with zero attached hydrogens (tertiary/aromatic N) is 2. The summed E-state index contributed by atoms with van der Waals surface area (Å²) in [6, 6.07) is 13.1. The molecule has 0 saturated carbocycles. The third-order valence-electron chi connectivity index (χ3n) is 4.77. The van der Waals surface area contributed by atoms with Crippen LogP contribution in [0.15, 0.2) is 47.8 Å². The molecule has 0 bridgehead atoms. The molecule has 2 heterocycles. The van der Waals surface area contributed by atoms with Crippen LogP contribution in [0.2, 0.25) is 0 Å². The van der Waals surface area contributed by atoms with Crippen molar-refractivity contribution in [1.82, 2.24) is 4.57 Å². The average Bonchev–Trinajstić information content (AvgIpc) is 3.32. The number of benzene rings is 1. The highest BCUT2D eigenvalue weighted by Gasteiger charge is 2.17. The zero-order valence-corrected chi connectivity index (χ0v) is 17.9. The van der Waals surface area contributed by atoms with Crippen LogP contribution in [-0.2, 0) is 11.3 Å². The minimum absolute atomic E-state index is 0.151. The fraction of sp³-hybridized carbons (Fsp3) is 0.273. The molecule has 1 N–H and O–H groups in total. The molecule has 0 unspecified atom stereocenters. The molecule has 7 heteroatoms. The summed E-state index contributed by atoms with van der Waals surface area (Å²) in [5, 5.41) is 4.99. The Morgan fingerprint density at radius 3 is 2.52 bits per heavy atom. The van der Waals surface area contributed by atoms with E-state index in [2.05, 4.69) is 21.3 Å². The molecule has 0 saturated heterocycles. The Hall–Kier alpha value is -3.06. The standard InChI is InChI=1S/C22H25N3O3S/c1-5-28-22(27)24(4)18-10-8-17(9-11-18)23-21(26)20-13-15(2)25(16(20)3)14-19-7-6-12-29-19/h6-13H,5,14H2,1-4H3,(H,23,26). The predicted molar refractivity (Wildman–Crippen MR) is 117 cm³/mol. The zero-order chi connectivity index (χ0) is 21.0. The maximum absolute atomic E-state index is 12.8. The van der Waals surface area contributed by atoms with E-state index in [1.807, 2.05) is 26.0 Å². The number of aromatic nitrogens is 1. The van der Waals surface area contributed by atoms with Crippen molar-refractivity contribution in [3.05, 3.63) is 69.7 Å². The minimum atomic E-state index is -0.414. The first-order chi connectivity index (χ1) is 13.9. The fourth-order valence-corrected chi connectivity index (χ4v) is 3.82. The van der Waals surface area contributed by atoms with Gasteiger partial charge in [-0.1, -0.05) is 6.07 Å². The van der Waals surface area contributed by atoms with Crippen molar-refractivity contribution in [2.75, 3.05) is 23.9 Å². The molecule has 29 heavy (non-hydrogen) atoms. The number of amides is 2. The van der Waals surface area contributed by atoms with Crippen LogP contribution >= 0.6 is 11.3 Å². The normalized spacial score (nSPS) is 10.6. The van der Waals surface area contributed by atoms with Crippen molar-refractivity contribution in [2.45, 2.75) is 27.3 Å². The van der Waals surface area contributed by atoms with Gasteiger partial charge in [0.2, 0.25) is 0 Å². The maximum Gasteiger partial charge on any atom is 0.413 e. The molecule has 1 aromatic carbocycles. The van der Waals surface area contributed by atoms with Gasteiger partial charge in [0.05, 0.1) is 18.7 Å². The number of thiophene rings is 1. The lowest BCUT2D eigenvalue weighted by molar-refractivity contribution is 0.102. The van der Waals surface area contributed by atoms with E-state index in [1.165, 1.54) is 9.78 Å². The van der Waals surface area contributed by atoms with Gasteiger partial charge in [0.1, 0.15) is 0 Å². The van der Waals surface area contributed by atoms with Crippen LogP contribution in [0.4, 0.5) is 16.2 Å². The molecule has 3 rings (SSSR count). The van der Waals surface area contributed by atoms with Crippen LogP contribution in [0.25, 0.3) is 0 Å². The number of anilines is 2. The molecule has 0 radical (unpaired) electrons. The molecule has 152 valence electrons. The lowest BCUT2D eigenvalue weighted by Crippen LogP contribution is -2.26. The van der Waals surface area contributed by atoms with E-state index in [9.17, 15) is 9.59 Å². The molecule has 0 atom stereocenters. The van der Waals surface area contributed by atoms with Crippen molar-refractivity contribution in [3.8, 4) is 0 Å². The minimum Gasteiger partial charge on any atom is -0.449 e. The van der Waals surface area contributed by atoms with Crippen LogP contribution in [0.1, 0.15) is 33.5 Å². The molecule has 0 aliphatic heterocycles. The number of ether oxygens (including phenoxy) is 1. The number of rotatable bonds is 6. The first-order valence-electron chi connectivity index (χ1n) is 9.41. The molecule has 0 fully saturated rings. The van der Waals surface area contributed by atoms with Gasteiger partial charge in [-0.3, -0.25) is 9.69 Å². The van der Waals surface area contributed by atoms with Gasteiger partial charge in [-0.05, 0) is 62.5 Å². The second-order valence-corrected chi connectivity index (χ2v) is 7.74. The summed E-state index contributed by atoms with van der Waals surface area (Å²) in [5.74, 6) is -0.151. The van der Waals surface area contributed by atoms with Crippen LogP contribution in [-0.4, -0.2) is 30.2 Å². The molecule has 0 spiro atoms. The summed E-state index contributed by atoms with van der Waals surface area (Å²) in [6.07, 6.45) is -0.414. The summed E-state index contributed by atoms with van der Waals surface area (Å²) in [4.78, 5) is 27.3. The Balaban J connectivity index is 1.71. The van der Waals surface area contributed by atoms with Crippen molar-refractivity contribution >= 4 is 34.7 Å². The topological polar surface area (TPSA) is 63.6 Å². The smallest absolute Gasteiger partial charge is 0.413 e. The highest BCUT2D eigenvalue weighted by molar-refractivity contribution is 7.09. The lowest BCUT2D eigenvalue weighted by atomic mass is 10.2. The van der Waals surface area contributed by atoms with Crippen LogP contribution < -0.4 is 10.2 Å². The van der Waals surface area contributed by atoms with Gasteiger partial charge in [-0.15, -0.1) is 11.3 Å². The Morgan fingerprint density at radius 2 is 1.90 bits per heavy atom. The Labute approximate surface area is 174 Å². The Kier molecular flexibility index (Phi) is 6.39. The van der Waals surface area contributed by atoms with Gasteiger partial charge in [0, 0.05) is 34.7 Å². The molecule has 0 aliphatic carbocycles. The fourth-order valence-electron chi connectivity index (χ4n) is 3.13.